The maximum atomic E-state index is 12.1. The van der Waals surface area contributed by atoms with E-state index in [1.807, 2.05) is 29.2 Å². The average Bonchev–Trinajstić information content (AvgIpc) is 3.15. The summed E-state index contributed by atoms with van der Waals surface area (Å²) < 4.78 is 21.2. The molecule has 0 bridgehead atoms. The van der Waals surface area contributed by atoms with E-state index in [-0.39, 0.29) is 38.0 Å². The van der Waals surface area contributed by atoms with Gasteiger partial charge in [0.2, 0.25) is 0 Å². The lowest BCUT2D eigenvalue weighted by molar-refractivity contribution is 0.0407. The molecule has 53 heavy (non-hydrogen) atoms. The summed E-state index contributed by atoms with van der Waals surface area (Å²) in [6.45, 7) is 15.2. The van der Waals surface area contributed by atoms with Gasteiger partial charge in [-0.25, -0.2) is 14.4 Å². The number of carbonyl (C=O) groups is 3. The first-order valence-electron chi connectivity index (χ1n) is 19.0. The zero-order valence-electron chi connectivity index (χ0n) is 31.7. The Morgan fingerprint density at radius 2 is 0.906 bits per heavy atom. The maximum absolute atomic E-state index is 12.1. The molecule has 3 N–H and O–H groups in total. The summed E-state index contributed by atoms with van der Waals surface area (Å²) in [5.41, 5.74) is 0.801. The third-order valence-corrected chi connectivity index (χ3v) is 9.61. The van der Waals surface area contributed by atoms with Gasteiger partial charge in [0.05, 0.1) is 32.0 Å². The minimum absolute atomic E-state index is 0.103. The number of rotatable bonds is 17. The Labute approximate surface area is 313 Å². The molecular weight excluding hydrogens is 690 g/mol. The molecule has 3 fully saturated rings. The second kappa shape index (κ2) is 21.9. The molecule has 4 rings (SSSR count). The molecule has 0 aromatic heterocycles. The number of piperazine rings is 3. The predicted molar refractivity (Wildman–Crippen MR) is 197 cm³/mol. The quantitative estimate of drug-likeness (QED) is 0.186. The lowest BCUT2D eigenvalue weighted by Gasteiger charge is -2.37. The van der Waals surface area contributed by atoms with Gasteiger partial charge in [0.15, 0.2) is 0 Å². The van der Waals surface area contributed by atoms with Gasteiger partial charge in [0, 0.05) is 117 Å². The summed E-state index contributed by atoms with van der Waals surface area (Å²) in [7, 11) is 0. The molecule has 1 aromatic rings. The number of nitrogens with zero attached hydrogens (tertiary/aromatic N) is 7. The molecule has 0 spiro atoms. The van der Waals surface area contributed by atoms with Crippen molar-refractivity contribution in [3.05, 3.63) is 24.3 Å². The maximum Gasteiger partial charge on any atom is 0.409 e. The zero-order valence-corrected chi connectivity index (χ0v) is 31.7. The summed E-state index contributed by atoms with van der Waals surface area (Å²) in [5.74, 6) is 0.583. The van der Waals surface area contributed by atoms with E-state index >= 15 is 0 Å². The molecule has 0 radical (unpaired) electrons. The lowest BCUT2D eigenvalue weighted by atomic mass is 10.2. The molecular formula is C36H61N7O10. The Kier molecular flexibility index (Phi) is 17.4. The number of carbonyl (C=O) groups excluding carboxylic acids is 3. The Balaban J connectivity index is 1.29. The fraction of sp³-hybridized carbons (Fsp3) is 0.750. The summed E-state index contributed by atoms with van der Waals surface area (Å²) in [6, 6.07) is 7.39. The van der Waals surface area contributed by atoms with Crippen LogP contribution in [0.25, 0.3) is 0 Å². The van der Waals surface area contributed by atoms with Gasteiger partial charge in [-0.05, 0) is 45.0 Å². The highest BCUT2D eigenvalue weighted by Gasteiger charge is 2.27. The van der Waals surface area contributed by atoms with Gasteiger partial charge < -0.3 is 53.9 Å². The molecule has 3 atom stereocenters. The summed E-state index contributed by atoms with van der Waals surface area (Å²) >= 11 is 0. The van der Waals surface area contributed by atoms with Crippen LogP contribution in [0.3, 0.4) is 0 Å². The minimum Gasteiger partial charge on any atom is -0.491 e. The molecule has 3 aliphatic rings. The predicted octanol–water partition coefficient (Wildman–Crippen LogP) is 0.277. The summed E-state index contributed by atoms with van der Waals surface area (Å²) in [5, 5.41) is 33.1. The monoisotopic (exact) mass is 751 g/mol. The van der Waals surface area contributed by atoms with Crippen molar-refractivity contribution in [1.29, 1.82) is 0 Å². The van der Waals surface area contributed by atoms with Crippen LogP contribution < -0.4 is 9.64 Å². The molecule has 300 valence electrons. The standard InChI is InChI=1S/C36H61N7O10/c1-4-50-34(47)40-17-11-37(12-18-40)23-30(44)26-43(27-31(45)24-38-13-19-41(20-14-38)35(48)51-5-2)29-7-9-33(10-8-29)53-28-32(46)25-39-15-21-42(22-16-39)36(49)52-6-3/h7-10,30-32,44-46H,4-6,11-28H2,1-3H3. The number of ether oxygens (including phenoxy) is 4. The van der Waals surface area contributed by atoms with E-state index in [0.717, 1.165) is 5.69 Å². The van der Waals surface area contributed by atoms with Crippen LogP contribution in [0.15, 0.2) is 24.3 Å². The largest absolute Gasteiger partial charge is 0.491 e. The van der Waals surface area contributed by atoms with Gasteiger partial charge in [-0.1, -0.05) is 0 Å². The van der Waals surface area contributed by atoms with Crippen molar-refractivity contribution >= 4 is 24.0 Å². The summed E-state index contributed by atoms with van der Waals surface area (Å²) in [4.78, 5) is 49.5. The van der Waals surface area contributed by atoms with Crippen molar-refractivity contribution in [3.63, 3.8) is 0 Å². The normalized spacial score (nSPS) is 19.3. The van der Waals surface area contributed by atoms with Crippen LogP contribution in [0, 0.1) is 0 Å². The molecule has 3 heterocycles. The van der Waals surface area contributed by atoms with Gasteiger partial charge in [-0.2, -0.15) is 0 Å². The number of β-amino-alcohol motifs (C(OH)–C–C–N with tert-alkyl or cyclic N) is 3. The van der Waals surface area contributed by atoms with Crippen molar-refractivity contribution in [2.45, 2.75) is 39.1 Å². The van der Waals surface area contributed by atoms with Crippen LogP contribution in [-0.2, 0) is 14.2 Å². The highest BCUT2D eigenvalue weighted by molar-refractivity contribution is 5.68. The van der Waals surface area contributed by atoms with Crippen LogP contribution in [0.5, 0.6) is 5.75 Å². The lowest BCUT2D eigenvalue weighted by Crippen LogP contribution is -2.53. The van der Waals surface area contributed by atoms with Crippen LogP contribution in [-0.4, -0.2) is 219 Å². The number of anilines is 1. The second-order valence-electron chi connectivity index (χ2n) is 13.6. The molecule has 3 saturated heterocycles. The third kappa shape index (κ3) is 14.0. The van der Waals surface area contributed by atoms with Gasteiger partial charge in [0.1, 0.15) is 18.5 Å². The van der Waals surface area contributed by atoms with Gasteiger partial charge >= 0.3 is 18.3 Å². The molecule has 17 heteroatoms. The number of amides is 3. The molecule has 1 aromatic carbocycles. The Morgan fingerprint density at radius 3 is 1.25 bits per heavy atom. The first-order chi connectivity index (χ1) is 25.6. The molecule has 0 aliphatic carbocycles. The molecule has 17 nitrogen and oxygen atoms in total. The fourth-order valence-electron chi connectivity index (χ4n) is 6.79. The molecule has 0 saturated carbocycles. The third-order valence-electron chi connectivity index (χ3n) is 9.61. The van der Waals surface area contributed by atoms with E-state index in [4.69, 9.17) is 18.9 Å². The Hall–Kier alpha value is -3.61. The smallest absolute Gasteiger partial charge is 0.409 e. The van der Waals surface area contributed by atoms with Crippen molar-refractivity contribution in [2.75, 3.05) is 143 Å². The van der Waals surface area contributed by atoms with Crippen molar-refractivity contribution in [3.8, 4) is 5.75 Å². The number of hydrogen-bond donors (Lipinski definition) is 3. The van der Waals surface area contributed by atoms with Crippen LogP contribution in [0.1, 0.15) is 20.8 Å². The first kappa shape index (κ1) is 42.1. The van der Waals surface area contributed by atoms with Crippen LogP contribution in [0.2, 0.25) is 0 Å². The zero-order chi connectivity index (χ0) is 38.2. The van der Waals surface area contributed by atoms with Crippen LogP contribution >= 0.6 is 0 Å². The first-order valence-corrected chi connectivity index (χ1v) is 19.0. The van der Waals surface area contributed by atoms with E-state index in [1.165, 1.54) is 0 Å². The number of hydrogen-bond acceptors (Lipinski definition) is 14. The van der Waals surface area contributed by atoms with E-state index in [2.05, 4.69) is 14.7 Å². The van der Waals surface area contributed by atoms with E-state index in [9.17, 15) is 29.7 Å². The van der Waals surface area contributed by atoms with Gasteiger partial charge in [-0.15, -0.1) is 0 Å². The molecule has 3 aliphatic heterocycles. The minimum atomic E-state index is -0.727. The van der Waals surface area contributed by atoms with Gasteiger partial charge in [-0.3, -0.25) is 14.7 Å². The van der Waals surface area contributed by atoms with Crippen molar-refractivity contribution in [2.24, 2.45) is 0 Å². The fourth-order valence-corrected chi connectivity index (χ4v) is 6.79. The number of benzene rings is 1. The molecule has 3 unspecified atom stereocenters. The van der Waals surface area contributed by atoms with Crippen molar-refractivity contribution in [1.82, 2.24) is 29.4 Å². The number of aliphatic hydroxyl groups excluding tert-OH is 3. The Bertz CT molecular complexity index is 1190. The van der Waals surface area contributed by atoms with E-state index in [1.54, 1.807) is 35.5 Å². The SMILES string of the molecule is CCOC(=O)N1CCN(CC(O)COc2ccc(N(CC(O)CN3CCN(C(=O)OCC)CC3)CC(O)CN3CCN(C(=O)OCC)CC3)cc2)CC1. The number of aliphatic hydroxyl groups is 3. The van der Waals surface area contributed by atoms with Gasteiger partial charge in [0.25, 0.3) is 0 Å². The summed E-state index contributed by atoms with van der Waals surface area (Å²) in [6.07, 6.45) is -3.11. The topological polar surface area (TPSA) is 172 Å². The molecule has 3 amide bonds. The van der Waals surface area contributed by atoms with E-state index in [0.29, 0.717) is 124 Å². The van der Waals surface area contributed by atoms with E-state index < -0.39 is 18.3 Å². The van der Waals surface area contributed by atoms with Crippen molar-refractivity contribution < 1.29 is 48.7 Å². The highest BCUT2D eigenvalue weighted by Crippen LogP contribution is 2.21. The Morgan fingerprint density at radius 1 is 0.566 bits per heavy atom. The highest BCUT2D eigenvalue weighted by atomic mass is 16.6. The average molecular weight is 752 g/mol. The van der Waals surface area contributed by atoms with Crippen LogP contribution in [0.4, 0.5) is 20.1 Å². The second-order valence-corrected chi connectivity index (χ2v) is 13.6.